The van der Waals surface area contributed by atoms with Crippen LogP contribution < -0.4 is 5.32 Å². The first kappa shape index (κ1) is 15.0. The number of aliphatic hydroxyl groups excluding tert-OH is 1. The molecule has 2 N–H and O–H groups in total. The van der Waals surface area contributed by atoms with Crippen molar-refractivity contribution >= 4 is 11.8 Å². The van der Waals surface area contributed by atoms with E-state index in [-0.39, 0.29) is 17.9 Å². The lowest BCUT2D eigenvalue weighted by molar-refractivity contribution is -0.133. The zero-order valence-corrected chi connectivity index (χ0v) is 11.2. The highest BCUT2D eigenvalue weighted by molar-refractivity contribution is 5.76. The lowest BCUT2D eigenvalue weighted by Crippen LogP contribution is -2.39. The molecule has 0 saturated carbocycles. The van der Waals surface area contributed by atoms with Crippen molar-refractivity contribution in [1.29, 1.82) is 0 Å². The number of amides is 2. The van der Waals surface area contributed by atoms with Crippen LogP contribution in [0.5, 0.6) is 0 Å². The lowest BCUT2D eigenvalue weighted by atomic mass is 10.1. The van der Waals surface area contributed by atoms with Crippen LogP contribution in [0.25, 0.3) is 0 Å². The van der Waals surface area contributed by atoms with Crippen molar-refractivity contribution in [2.75, 3.05) is 19.6 Å². The van der Waals surface area contributed by atoms with Crippen molar-refractivity contribution in [3.63, 3.8) is 0 Å². The van der Waals surface area contributed by atoms with Crippen LogP contribution in [0.2, 0.25) is 0 Å². The average molecular weight is 256 g/mol. The summed E-state index contributed by atoms with van der Waals surface area (Å²) in [6.45, 7) is 3.57. The van der Waals surface area contributed by atoms with E-state index in [1.54, 1.807) is 0 Å². The van der Waals surface area contributed by atoms with Crippen molar-refractivity contribution in [2.24, 2.45) is 0 Å². The molecule has 0 aliphatic carbocycles. The smallest absolute Gasteiger partial charge is 0.222 e. The molecule has 104 valence electrons. The Bertz CT molecular complexity index is 273. The molecule has 0 atom stereocenters. The van der Waals surface area contributed by atoms with Gasteiger partial charge in [-0.15, -0.1) is 0 Å². The molecule has 5 nitrogen and oxygen atoms in total. The molecular weight excluding hydrogens is 232 g/mol. The fraction of sp³-hybridized carbons (Fsp3) is 0.846. The number of carbonyl (C=O) groups is 2. The molecular formula is C13H24N2O3. The van der Waals surface area contributed by atoms with Gasteiger partial charge in [-0.25, -0.2) is 0 Å². The number of likely N-dealkylation sites (tertiary alicyclic amines) is 1. The van der Waals surface area contributed by atoms with Crippen molar-refractivity contribution in [3.8, 4) is 0 Å². The van der Waals surface area contributed by atoms with Gasteiger partial charge in [-0.05, 0) is 25.7 Å². The minimum absolute atomic E-state index is 0.00190. The Hall–Kier alpha value is -1.10. The highest BCUT2D eigenvalue weighted by Crippen LogP contribution is 2.12. The fourth-order valence-corrected chi connectivity index (χ4v) is 2.12. The first-order valence-electron chi connectivity index (χ1n) is 6.80. The summed E-state index contributed by atoms with van der Waals surface area (Å²) in [5, 5.41) is 12.1. The second-order valence-corrected chi connectivity index (χ2v) is 4.91. The van der Waals surface area contributed by atoms with Crippen LogP contribution >= 0.6 is 0 Å². The molecule has 18 heavy (non-hydrogen) atoms. The maximum atomic E-state index is 11.8. The van der Waals surface area contributed by atoms with Crippen LogP contribution in [-0.2, 0) is 9.59 Å². The summed E-state index contributed by atoms with van der Waals surface area (Å²) >= 11 is 0. The van der Waals surface area contributed by atoms with E-state index >= 15 is 0 Å². The van der Waals surface area contributed by atoms with E-state index in [1.165, 1.54) is 6.92 Å². The Morgan fingerprint density at radius 3 is 2.50 bits per heavy atom. The number of piperidine rings is 1. The number of rotatable bonds is 6. The third-order valence-electron chi connectivity index (χ3n) is 3.26. The standard InChI is InChI=1S/C13H24N2O3/c1-11(16)14-8-4-2-3-5-13(18)15-9-6-12(17)7-10-15/h12,17H,2-10H2,1H3,(H,14,16). The molecule has 0 aromatic carbocycles. The molecule has 5 heteroatoms. The maximum absolute atomic E-state index is 11.8. The Balaban J connectivity index is 2.01. The van der Waals surface area contributed by atoms with Gasteiger partial charge >= 0.3 is 0 Å². The molecule has 1 aliphatic heterocycles. The summed E-state index contributed by atoms with van der Waals surface area (Å²) in [6, 6.07) is 0. The minimum atomic E-state index is -0.230. The average Bonchev–Trinajstić information content (AvgIpc) is 2.34. The number of hydrogen-bond acceptors (Lipinski definition) is 3. The van der Waals surface area contributed by atoms with Gasteiger partial charge < -0.3 is 15.3 Å². The zero-order chi connectivity index (χ0) is 13.4. The van der Waals surface area contributed by atoms with Crippen LogP contribution in [0.4, 0.5) is 0 Å². The van der Waals surface area contributed by atoms with Crippen LogP contribution in [0.1, 0.15) is 45.4 Å². The molecule has 0 aromatic heterocycles. The number of hydrogen-bond donors (Lipinski definition) is 2. The predicted octanol–water partition coefficient (Wildman–Crippen LogP) is 0.666. The molecule has 0 bridgehead atoms. The van der Waals surface area contributed by atoms with E-state index in [4.69, 9.17) is 0 Å². The van der Waals surface area contributed by atoms with Gasteiger partial charge in [-0.3, -0.25) is 9.59 Å². The molecule has 0 unspecified atom stereocenters. The normalized spacial score (nSPS) is 16.7. The Morgan fingerprint density at radius 2 is 1.89 bits per heavy atom. The molecule has 2 amide bonds. The van der Waals surface area contributed by atoms with Gasteiger partial charge in [-0.1, -0.05) is 6.42 Å². The van der Waals surface area contributed by atoms with Crippen LogP contribution in [0.15, 0.2) is 0 Å². The molecule has 1 heterocycles. The Kier molecular flexibility index (Phi) is 6.72. The van der Waals surface area contributed by atoms with Gasteiger partial charge in [0.05, 0.1) is 6.10 Å². The third kappa shape index (κ3) is 6.00. The quantitative estimate of drug-likeness (QED) is 0.686. The van der Waals surface area contributed by atoms with E-state index in [2.05, 4.69) is 5.32 Å². The topological polar surface area (TPSA) is 69.6 Å². The molecule has 1 rings (SSSR count). The van der Waals surface area contributed by atoms with Gasteiger partial charge in [0, 0.05) is 33.0 Å². The first-order chi connectivity index (χ1) is 8.59. The second kappa shape index (κ2) is 8.08. The predicted molar refractivity (Wildman–Crippen MR) is 69.0 cm³/mol. The van der Waals surface area contributed by atoms with E-state index in [9.17, 15) is 14.7 Å². The number of unbranched alkanes of at least 4 members (excludes halogenated alkanes) is 2. The van der Waals surface area contributed by atoms with Gasteiger partial charge in [-0.2, -0.15) is 0 Å². The largest absolute Gasteiger partial charge is 0.393 e. The van der Waals surface area contributed by atoms with Gasteiger partial charge in [0.2, 0.25) is 11.8 Å². The van der Waals surface area contributed by atoms with Crippen molar-refractivity contribution in [3.05, 3.63) is 0 Å². The highest BCUT2D eigenvalue weighted by Gasteiger charge is 2.20. The number of carbonyl (C=O) groups excluding carboxylic acids is 2. The summed E-state index contributed by atoms with van der Waals surface area (Å²) in [5.41, 5.74) is 0. The molecule has 0 radical (unpaired) electrons. The molecule has 0 spiro atoms. The number of nitrogens with one attached hydrogen (secondary N) is 1. The van der Waals surface area contributed by atoms with Crippen LogP contribution in [0, 0.1) is 0 Å². The summed E-state index contributed by atoms with van der Waals surface area (Å²) < 4.78 is 0. The van der Waals surface area contributed by atoms with Crippen LogP contribution in [-0.4, -0.2) is 47.6 Å². The molecule has 1 aliphatic rings. The van der Waals surface area contributed by atoms with E-state index in [0.29, 0.717) is 38.9 Å². The van der Waals surface area contributed by atoms with Gasteiger partial charge in [0.25, 0.3) is 0 Å². The number of aliphatic hydroxyl groups is 1. The fourth-order valence-electron chi connectivity index (χ4n) is 2.12. The van der Waals surface area contributed by atoms with E-state index in [1.807, 2.05) is 4.90 Å². The summed E-state index contributed by atoms with van der Waals surface area (Å²) in [5.74, 6) is 0.194. The number of nitrogens with zero attached hydrogens (tertiary/aromatic N) is 1. The van der Waals surface area contributed by atoms with E-state index in [0.717, 1.165) is 19.3 Å². The summed E-state index contributed by atoms with van der Waals surface area (Å²) in [7, 11) is 0. The zero-order valence-electron chi connectivity index (χ0n) is 11.2. The van der Waals surface area contributed by atoms with Crippen LogP contribution in [0.3, 0.4) is 0 Å². The third-order valence-corrected chi connectivity index (χ3v) is 3.26. The molecule has 1 fully saturated rings. The SMILES string of the molecule is CC(=O)NCCCCCC(=O)N1CCC(O)CC1. The second-order valence-electron chi connectivity index (χ2n) is 4.91. The summed E-state index contributed by atoms with van der Waals surface area (Å²) in [4.78, 5) is 24.3. The molecule has 1 saturated heterocycles. The highest BCUT2D eigenvalue weighted by atomic mass is 16.3. The van der Waals surface area contributed by atoms with Gasteiger partial charge in [0.15, 0.2) is 0 Å². The first-order valence-corrected chi connectivity index (χ1v) is 6.80. The van der Waals surface area contributed by atoms with Crippen molar-refractivity contribution < 1.29 is 14.7 Å². The van der Waals surface area contributed by atoms with Crippen molar-refractivity contribution in [1.82, 2.24) is 10.2 Å². The maximum Gasteiger partial charge on any atom is 0.222 e. The van der Waals surface area contributed by atoms with E-state index < -0.39 is 0 Å². The molecule has 0 aromatic rings. The minimum Gasteiger partial charge on any atom is -0.393 e. The lowest BCUT2D eigenvalue weighted by Gasteiger charge is -2.29. The Labute approximate surface area is 109 Å². The monoisotopic (exact) mass is 256 g/mol. The Morgan fingerprint density at radius 1 is 1.22 bits per heavy atom. The summed E-state index contributed by atoms with van der Waals surface area (Å²) in [6.07, 6.45) is 4.51. The van der Waals surface area contributed by atoms with Crippen molar-refractivity contribution in [2.45, 2.75) is 51.6 Å². The van der Waals surface area contributed by atoms with Gasteiger partial charge in [0.1, 0.15) is 0 Å².